The fourth-order valence-electron chi connectivity index (χ4n) is 3.38. The Hall–Kier alpha value is -2.44. The fraction of sp³-hybridized carbons (Fsp3) is 0.208. The molecule has 27 heavy (non-hydrogen) atoms. The first-order valence-corrected chi connectivity index (χ1v) is 10.2. The van der Waals surface area contributed by atoms with E-state index >= 15 is 0 Å². The summed E-state index contributed by atoms with van der Waals surface area (Å²) in [5.41, 5.74) is 4.75. The van der Waals surface area contributed by atoms with Crippen LogP contribution in [0, 0.1) is 0 Å². The number of rotatable bonds is 7. The maximum atomic E-state index is 11.9. The van der Waals surface area contributed by atoms with Crippen molar-refractivity contribution in [3.8, 4) is 5.75 Å². The topological polar surface area (TPSA) is 26.3 Å². The smallest absolute Gasteiger partial charge is 0.160 e. The van der Waals surface area contributed by atoms with Gasteiger partial charge < -0.3 is 4.74 Å². The molecule has 2 nitrogen and oxygen atoms in total. The number of Topliss-reactive ketones (excluding diaryl/α,β-unsaturated/α-hetero) is 1. The zero-order chi connectivity index (χ0) is 19.2. The number of benzene rings is 3. The van der Waals surface area contributed by atoms with Crippen LogP contribution in [-0.4, -0.2) is 12.9 Å². The van der Waals surface area contributed by atoms with Crippen LogP contribution in [0.2, 0.25) is 0 Å². The molecule has 0 spiro atoms. The van der Waals surface area contributed by atoms with Gasteiger partial charge in [0, 0.05) is 23.2 Å². The van der Waals surface area contributed by atoms with Crippen molar-refractivity contribution in [3.63, 3.8) is 0 Å². The third-order valence-electron chi connectivity index (χ3n) is 4.71. The number of carbonyl (C=O) groups excluding carboxylic acids is 1. The lowest BCUT2D eigenvalue weighted by Gasteiger charge is -2.20. The molecular formula is C24H25O2P. The standard InChI is InChI=1S/C24H25O2P/c1-17(25)21-13-7-8-15-23(21)27-18(2)22-14-9-12-20(24(22)26-3)16-19-10-5-4-6-11-19/h4-15,18,27H,16H2,1-3H3. The fourth-order valence-corrected chi connectivity index (χ4v) is 4.83. The number of carbonyl (C=O) groups is 1. The molecule has 0 aliphatic carbocycles. The highest BCUT2D eigenvalue weighted by Gasteiger charge is 2.17. The van der Waals surface area contributed by atoms with Crippen LogP contribution in [0.4, 0.5) is 0 Å². The van der Waals surface area contributed by atoms with Crippen molar-refractivity contribution in [1.29, 1.82) is 0 Å². The Morgan fingerprint density at radius 3 is 2.37 bits per heavy atom. The summed E-state index contributed by atoms with van der Waals surface area (Å²) in [4.78, 5) is 11.9. The van der Waals surface area contributed by atoms with Crippen LogP contribution in [0.5, 0.6) is 5.75 Å². The van der Waals surface area contributed by atoms with Crippen molar-refractivity contribution >= 4 is 19.7 Å². The largest absolute Gasteiger partial charge is 0.496 e. The van der Waals surface area contributed by atoms with Gasteiger partial charge in [0.05, 0.1) is 7.11 Å². The van der Waals surface area contributed by atoms with Gasteiger partial charge in [-0.3, -0.25) is 4.79 Å². The summed E-state index contributed by atoms with van der Waals surface area (Å²) in [7, 11) is 2.25. The van der Waals surface area contributed by atoms with Crippen LogP contribution in [0.15, 0.2) is 72.8 Å². The summed E-state index contributed by atoms with van der Waals surface area (Å²) in [6.07, 6.45) is 0.845. The van der Waals surface area contributed by atoms with Gasteiger partial charge >= 0.3 is 0 Å². The van der Waals surface area contributed by atoms with Crippen molar-refractivity contribution in [2.75, 3.05) is 7.11 Å². The normalized spacial score (nSPS) is 12.3. The van der Waals surface area contributed by atoms with Crippen LogP contribution >= 0.6 is 8.58 Å². The molecule has 0 bridgehead atoms. The zero-order valence-corrected chi connectivity index (χ0v) is 17.0. The quantitative estimate of drug-likeness (QED) is 0.399. The number of para-hydroxylation sites is 1. The second kappa shape index (κ2) is 8.97. The van der Waals surface area contributed by atoms with Gasteiger partial charge in [0.25, 0.3) is 0 Å². The Bertz CT molecular complexity index is 919. The van der Waals surface area contributed by atoms with Crippen LogP contribution in [0.3, 0.4) is 0 Å². The minimum absolute atomic E-state index is 0.120. The van der Waals surface area contributed by atoms with Crippen LogP contribution < -0.4 is 10.0 Å². The highest BCUT2D eigenvalue weighted by molar-refractivity contribution is 7.47. The van der Waals surface area contributed by atoms with Crippen LogP contribution in [0.1, 0.15) is 46.6 Å². The summed E-state index contributed by atoms with van der Waals surface area (Å²) in [6, 6.07) is 24.7. The molecule has 0 saturated carbocycles. The second-order valence-electron chi connectivity index (χ2n) is 6.67. The molecule has 2 unspecified atom stereocenters. The van der Waals surface area contributed by atoms with Gasteiger partial charge in [-0.1, -0.05) is 88.3 Å². The van der Waals surface area contributed by atoms with Gasteiger partial charge in [-0.05, 0) is 23.4 Å². The van der Waals surface area contributed by atoms with Crippen molar-refractivity contribution in [2.24, 2.45) is 0 Å². The highest BCUT2D eigenvalue weighted by atomic mass is 31.1. The molecule has 0 saturated heterocycles. The Morgan fingerprint density at radius 2 is 1.67 bits per heavy atom. The third kappa shape index (κ3) is 4.64. The van der Waals surface area contributed by atoms with Crippen molar-refractivity contribution < 1.29 is 9.53 Å². The molecule has 0 amide bonds. The van der Waals surface area contributed by atoms with Crippen molar-refractivity contribution in [1.82, 2.24) is 0 Å². The number of methoxy groups -OCH3 is 1. The molecule has 3 heteroatoms. The van der Waals surface area contributed by atoms with E-state index in [2.05, 4.69) is 55.5 Å². The van der Waals surface area contributed by atoms with E-state index in [9.17, 15) is 4.79 Å². The van der Waals surface area contributed by atoms with Gasteiger partial charge in [-0.15, -0.1) is 0 Å². The maximum absolute atomic E-state index is 11.9. The minimum Gasteiger partial charge on any atom is -0.496 e. The molecule has 3 aromatic carbocycles. The number of ether oxygens (including phenoxy) is 1. The lowest BCUT2D eigenvalue weighted by Crippen LogP contribution is -2.10. The molecule has 0 fully saturated rings. The lowest BCUT2D eigenvalue weighted by atomic mass is 10.00. The predicted molar refractivity (Wildman–Crippen MR) is 115 cm³/mol. The van der Waals surface area contributed by atoms with E-state index in [0.29, 0.717) is 8.58 Å². The second-order valence-corrected chi connectivity index (χ2v) is 8.36. The Kier molecular flexibility index (Phi) is 6.42. The van der Waals surface area contributed by atoms with Gasteiger partial charge in [-0.25, -0.2) is 0 Å². The molecular weight excluding hydrogens is 351 g/mol. The molecule has 0 aromatic heterocycles. The number of ketones is 1. The first kappa shape index (κ1) is 19.3. The first-order chi connectivity index (χ1) is 13.1. The van der Waals surface area contributed by atoms with Gasteiger partial charge in [0.1, 0.15) is 5.75 Å². The maximum Gasteiger partial charge on any atom is 0.160 e. The van der Waals surface area contributed by atoms with E-state index in [1.807, 2.05) is 24.3 Å². The Morgan fingerprint density at radius 1 is 0.963 bits per heavy atom. The summed E-state index contributed by atoms with van der Waals surface area (Å²) in [5.74, 6) is 1.08. The first-order valence-electron chi connectivity index (χ1n) is 9.16. The van der Waals surface area contributed by atoms with E-state index in [0.717, 1.165) is 23.0 Å². The monoisotopic (exact) mass is 376 g/mol. The Balaban J connectivity index is 1.90. The molecule has 3 rings (SSSR count). The van der Waals surface area contributed by atoms with E-state index in [-0.39, 0.29) is 11.4 Å². The molecule has 0 heterocycles. The van der Waals surface area contributed by atoms with Gasteiger partial charge in [0.2, 0.25) is 0 Å². The summed E-state index contributed by atoms with van der Waals surface area (Å²) in [5, 5.41) is 1.12. The van der Waals surface area contributed by atoms with E-state index in [1.54, 1.807) is 14.0 Å². The molecule has 3 aromatic rings. The molecule has 2 atom stereocenters. The van der Waals surface area contributed by atoms with Gasteiger partial charge in [0.15, 0.2) is 5.78 Å². The Labute approximate surface area is 163 Å². The highest BCUT2D eigenvalue weighted by Crippen LogP contribution is 2.40. The lowest BCUT2D eigenvalue weighted by molar-refractivity contribution is 0.101. The molecule has 138 valence electrons. The number of hydrogen-bond acceptors (Lipinski definition) is 2. The average molecular weight is 376 g/mol. The summed E-state index contributed by atoms with van der Waals surface area (Å²) >= 11 is 0. The van der Waals surface area contributed by atoms with E-state index in [1.165, 1.54) is 16.7 Å². The average Bonchev–Trinajstić information content (AvgIpc) is 2.68. The summed E-state index contributed by atoms with van der Waals surface area (Å²) < 4.78 is 5.82. The molecule has 0 aliphatic rings. The summed E-state index contributed by atoms with van der Waals surface area (Å²) in [6.45, 7) is 3.84. The zero-order valence-electron chi connectivity index (χ0n) is 16.0. The molecule has 0 radical (unpaired) electrons. The van der Waals surface area contributed by atoms with Crippen molar-refractivity contribution in [2.45, 2.75) is 25.9 Å². The van der Waals surface area contributed by atoms with Crippen molar-refractivity contribution in [3.05, 3.63) is 95.1 Å². The van der Waals surface area contributed by atoms with Gasteiger partial charge in [-0.2, -0.15) is 0 Å². The number of hydrogen-bond donors (Lipinski definition) is 0. The van der Waals surface area contributed by atoms with E-state index < -0.39 is 0 Å². The van der Waals surface area contributed by atoms with Crippen LogP contribution in [-0.2, 0) is 6.42 Å². The van der Waals surface area contributed by atoms with E-state index in [4.69, 9.17) is 4.74 Å². The van der Waals surface area contributed by atoms with Crippen LogP contribution in [0.25, 0.3) is 0 Å². The third-order valence-corrected chi connectivity index (χ3v) is 6.20. The predicted octanol–water partition coefficient (Wildman–Crippen LogP) is 5.55. The molecule has 0 N–H and O–H groups in total. The molecule has 0 aliphatic heterocycles. The minimum atomic E-state index is 0.120. The SMILES string of the molecule is COc1c(Cc2ccccc2)cccc1C(C)Pc1ccccc1C(C)=O.